The monoisotopic (exact) mass is 427 g/mol. The number of aryl methyl sites for hydroxylation is 2. The lowest BCUT2D eigenvalue weighted by atomic mass is 9.99. The first-order chi connectivity index (χ1) is 14.4. The molecule has 2 aliphatic rings. The summed E-state index contributed by atoms with van der Waals surface area (Å²) in [5.41, 5.74) is 5.36. The fourth-order valence-corrected chi connectivity index (χ4v) is 5.46. The number of carbonyl (C=O) groups is 1. The van der Waals surface area contributed by atoms with Gasteiger partial charge in [-0.25, -0.2) is 18.9 Å². The van der Waals surface area contributed by atoms with Gasteiger partial charge in [0.1, 0.15) is 0 Å². The highest BCUT2D eigenvalue weighted by atomic mass is 32.2. The molecule has 0 saturated carbocycles. The van der Waals surface area contributed by atoms with Crippen LogP contribution in [0.4, 0.5) is 16.2 Å². The maximum absolute atomic E-state index is 13.3. The van der Waals surface area contributed by atoms with Crippen molar-refractivity contribution in [3.8, 4) is 6.19 Å². The molecule has 2 aromatic carbocycles. The highest BCUT2D eigenvalue weighted by Gasteiger charge is 2.26. The number of nitriles is 1. The number of carbonyl (C=O) groups excluding carboxylic acids is 1. The molecule has 2 unspecified atom stereocenters. The molecule has 0 heterocycles. The molecule has 0 bridgehead atoms. The van der Waals surface area contributed by atoms with Crippen LogP contribution in [-0.2, 0) is 35.6 Å². The zero-order valence-electron chi connectivity index (χ0n) is 16.1. The molecular weight excluding hydrogens is 406 g/mol. The number of amides is 2. The summed E-state index contributed by atoms with van der Waals surface area (Å²) in [4.78, 5) is 12.8. The van der Waals surface area contributed by atoms with Crippen LogP contribution in [-0.4, -0.2) is 15.4 Å². The van der Waals surface area contributed by atoms with Gasteiger partial charge in [-0.05, 0) is 66.8 Å². The Morgan fingerprint density at radius 1 is 1.17 bits per heavy atom. The summed E-state index contributed by atoms with van der Waals surface area (Å²) in [6, 6.07) is 6.72. The molecule has 156 valence electrons. The average molecular weight is 427 g/mol. The second-order valence-corrected chi connectivity index (χ2v) is 9.25. The molecule has 0 saturated heterocycles. The van der Waals surface area contributed by atoms with E-state index in [1.807, 2.05) is 0 Å². The lowest BCUT2D eigenvalue weighted by Gasteiger charge is -2.18. The van der Waals surface area contributed by atoms with Gasteiger partial charge >= 0.3 is 6.03 Å². The Kier molecular flexibility index (Phi) is 5.44. The number of nitrogens with one attached hydrogen (secondary N) is 3. The summed E-state index contributed by atoms with van der Waals surface area (Å²) in [7, 11) is -3.68. The summed E-state index contributed by atoms with van der Waals surface area (Å²) in [5.74, 6) is 0. The first-order valence-corrected chi connectivity index (χ1v) is 11.2. The molecule has 9 nitrogen and oxygen atoms in total. The maximum Gasteiger partial charge on any atom is 0.331 e. The van der Waals surface area contributed by atoms with Gasteiger partial charge in [-0.1, -0.05) is 16.5 Å². The maximum atomic E-state index is 13.3. The highest BCUT2D eigenvalue weighted by molar-refractivity contribution is 7.92. The summed E-state index contributed by atoms with van der Waals surface area (Å²) >= 11 is 0. The van der Waals surface area contributed by atoms with Crippen molar-refractivity contribution in [2.75, 3.05) is 5.32 Å². The predicted octanol–water partition coefficient (Wildman–Crippen LogP) is 2.11. The summed E-state index contributed by atoms with van der Waals surface area (Å²) in [5, 5.41) is 31.1. The van der Waals surface area contributed by atoms with E-state index in [1.165, 1.54) is 35.5 Å². The van der Waals surface area contributed by atoms with Crippen molar-refractivity contribution < 1.29 is 19.4 Å². The van der Waals surface area contributed by atoms with Gasteiger partial charge in [0.2, 0.25) is 6.19 Å². The fourth-order valence-electron chi connectivity index (χ4n) is 4.23. The smallest absolute Gasteiger partial charge is 0.331 e. The fraction of sp³-hybridized carbons (Fsp3) is 0.300. The standard InChI is InChI=1S/C20H21N5O4S/c21-12-22-30(29,16-7-3-6-15(11-16)25(27)28)24-20(26)23-19-17-8-1-4-13(17)10-14-5-2-9-18(14)19/h3,6-7,10-11,25,27H,1-2,4-5,8-9H2,(H2,22,23,24,26,29). The number of hydrogen-bond acceptors (Lipinski definition) is 6. The van der Waals surface area contributed by atoms with E-state index in [0.29, 0.717) is 0 Å². The van der Waals surface area contributed by atoms with Crippen molar-refractivity contribution in [2.45, 2.75) is 43.4 Å². The van der Waals surface area contributed by atoms with Gasteiger partial charge in [0, 0.05) is 17.8 Å². The molecule has 2 atom stereocenters. The normalized spacial score (nSPS) is 17.2. The molecular formula is C20H21N5O4S. The quantitative estimate of drug-likeness (QED) is 0.437. The van der Waals surface area contributed by atoms with E-state index in [9.17, 15) is 19.4 Å². The number of quaternary nitrogens is 1. The van der Waals surface area contributed by atoms with Crippen LogP contribution in [0.1, 0.15) is 35.1 Å². The number of hydrogen-bond donors (Lipinski definition) is 4. The van der Waals surface area contributed by atoms with Crippen LogP contribution in [0.3, 0.4) is 0 Å². The molecule has 2 amide bonds. The molecule has 0 spiro atoms. The minimum absolute atomic E-state index is 0.0531. The Morgan fingerprint density at radius 3 is 2.43 bits per heavy atom. The first kappa shape index (κ1) is 20.3. The molecule has 4 rings (SSSR count). The zero-order valence-corrected chi connectivity index (χ0v) is 16.9. The van der Waals surface area contributed by atoms with Crippen molar-refractivity contribution in [1.29, 1.82) is 5.26 Å². The van der Waals surface area contributed by atoms with Crippen LogP contribution < -0.4 is 15.3 Å². The Balaban J connectivity index is 1.65. The lowest BCUT2D eigenvalue weighted by Crippen LogP contribution is -2.99. The van der Waals surface area contributed by atoms with E-state index in [1.54, 1.807) is 0 Å². The third-order valence-corrected chi connectivity index (χ3v) is 7.21. The van der Waals surface area contributed by atoms with Gasteiger partial charge in [-0.3, -0.25) is 0 Å². The molecule has 0 radical (unpaired) electrons. The van der Waals surface area contributed by atoms with Gasteiger partial charge in [-0.15, -0.1) is 0 Å². The van der Waals surface area contributed by atoms with Gasteiger partial charge in [0.05, 0.1) is 4.90 Å². The van der Waals surface area contributed by atoms with Crippen LogP contribution in [0.5, 0.6) is 0 Å². The van der Waals surface area contributed by atoms with Crippen molar-refractivity contribution in [1.82, 2.24) is 4.72 Å². The van der Waals surface area contributed by atoms with Crippen LogP contribution in [0.25, 0.3) is 0 Å². The van der Waals surface area contributed by atoms with E-state index in [2.05, 4.69) is 20.5 Å². The molecule has 2 aromatic rings. The Hall–Kier alpha value is -2.97. The van der Waals surface area contributed by atoms with E-state index in [-0.39, 0.29) is 10.6 Å². The van der Waals surface area contributed by atoms with Crippen LogP contribution in [0.2, 0.25) is 0 Å². The van der Waals surface area contributed by atoms with E-state index in [4.69, 9.17) is 5.26 Å². The van der Waals surface area contributed by atoms with Gasteiger partial charge < -0.3 is 10.5 Å². The molecule has 0 fully saturated rings. The minimum atomic E-state index is -3.68. The summed E-state index contributed by atoms with van der Waals surface area (Å²) in [6.45, 7) is 0. The zero-order chi connectivity index (χ0) is 21.3. The van der Waals surface area contributed by atoms with Gasteiger partial charge in [-0.2, -0.15) is 10.5 Å². The number of nitrogens with zero attached hydrogens (tertiary/aromatic N) is 2. The summed E-state index contributed by atoms with van der Waals surface area (Å²) < 4.78 is 19.0. The second-order valence-electron chi connectivity index (χ2n) is 7.34. The SMILES string of the molecule is N#CN=S(=O)(NC(=O)Nc1c2c(cc3c1CCC3)CCC2)c1cccc([NH+]([O-])O)c1. The minimum Gasteiger partial charge on any atom is -0.595 e. The van der Waals surface area contributed by atoms with Crippen molar-refractivity contribution in [3.05, 3.63) is 57.8 Å². The second kappa shape index (κ2) is 8.04. The van der Waals surface area contributed by atoms with E-state index >= 15 is 0 Å². The predicted molar refractivity (Wildman–Crippen MR) is 109 cm³/mol. The number of rotatable bonds is 4. The van der Waals surface area contributed by atoms with E-state index in [0.717, 1.165) is 61.4 Å². The number of anilines is 1. The number of urea groups is 1. The topological polar surface area (TPSA) is 142 Å². The molecule has 30 heavy (non-hydrogen) atoms. The number of fused-ring (bicyclic) bond motifs is 2. The van der Waals surface area contributed by atoms with Gasteiger partial charge in [0.15, 0.2) is 15.6 Å². The number of benzene rings is 2. The Morgan fingerprint density at radius 2 is 1.83 bits per heavy atom. The molecule has 4 N–H and O–H groups in total. The average Bonchev–Trinajstić information content (AvgIpc) is 3.37. The van der Waals surface area contributed by atoms with Crippen LogP contribution in [0, 0.1) is 16.7 Å². The van der Waals surface area contributed by atoms with Crippen molar-refractivity contribution >= 4 is 27.3 Å². The van der Waals surface area contributed by atoms with E-state index < -0.39 is 21.2 Å². The first-order valence-electron chi connectivity index (χ1n) is 9.65. The van der Waals surface area contributed by atoms with Crippen LogP contribution in [0.15, 0.2) is 39.6 Å². The van der Waals surface area contributed by atoms with Gasteiger partial charge in [0.25, 0.3) is 0 Å². The van der Waals surface area contributed by atoms with Crippen molar-refractivity contribution in [2.24, 2.45) is 4.36 Å². The van der Waals surface area contributed by atoms with Crippen LogP contribution >= 0.6 is 0 Å². The molecule has 2 aliphatic carbocycles. The Labute approximate surface area is 174 Å². The third kappa shape index (κ3) is 3.76. The molecule has 0 aromatic heterocycles. The highest BCUT2D eigenvalue weighted by Crippen LogP contribution is 2.38. The summed E-state index contributed by atoms with van der Waals surface area (Å²) in [6.07, 6.45) is 7.21. The Bertz CT molecular complexity index is 1150. The third-order valence-electron chi connectivity index (χ3n) is 5.51. The lowest BCUT2D eigenvalue weighted by molar-refractivity contribution is -0.991. The largest absolute Gasteiger partial charge is 0.595 e. The molecule has 0 aliphatic heterocycles. The molecule has 10 heteroatoms. The van der Waals surface area contributed by atoms with Crippen molar-refractivity contribution in [3.63, 3.8) is 0 Å².